The lowest BCUT2D eigenvalue weighted by Gasteiger charge is -2.14. The van der Waals surface area contributed by atoms with E-state index in [1.807, 2.05) is 36.4 Å². The molecule has 0 spiro atoms. The number of aromatic carboxylic acids is 1. The number of nitrogens with one attached hydrogen (secondary N) is 1. The van der Waals surface area contributed by atoms with Gasteiger partial charge >= 0.3 is 12.1 Å². The zero-order valence-electron chi connectivity index (χ0n) is 19.6. The second-order valence-electron chi connectivity index (χ2n) is 8.18. The van der Waals surface area contributed by atoms with Gasteiger partial charge in [-0.05, 0) is 39.9 Å². The molecular formula is C28H23NO6S. The Bertz CT molecular complexity index is 1410. The van der Waals surface area contributed by atoms with Gasteiger partial charge in [0.05, 0.1) is 14.2 Å². The fraction of sp³-hybridized carbons (Fsp3) is 0.143. The molecule has 0 saturated heterocycles. The average molecular weight is 502 g/mol. The van der Waals surface area contributed by atoms with Crippen LogP contribution in [-0.4, -0.2) is 38.0 Å². The Morgan fingerprint density at radius 2 is 1.53 bits per heavy atom. The Kier molecular flexibility index (Phi) is 6.35. The van der Waals surface area contributed by atoms with Crippen LogP contribution >= 0.6 is 11.3 Å². The number of methoxy groups -OCH3 is 2. The van der Waals surface area contributed by atoms with E-state index in [2.05, 4.69) is 17.4 Å². The summed E-state index contributed by atoms with van der Waals surface area (Å²) in [5.41, 5.74) is 5.54. The van der Waals surface area contributed by atoms with E-state index in [1.54, 1.807) is 23.6 Å². The molecule has 4 aromatic rings. The number of amides is 1. The first-order valence-electron chi connectivity index (χ1n) is 11.2. The number of carboxylic acids is 1. The van der Waals surface area contributed by atoms with Crippen molar-refractivity contribution in [2.75, 3.05) is 26.1 Å². The van der Waals surface area contributed by atoms with Crippen molar-refractivity contribution < 1.29 is 28.9 Å². The Morgan fingerprint density at radius 3 is 2.14 bits per heavy atom. The lowest BCUT2D eigenvalue weighted by atomic mass is 9.98. The van der Waals surface area contributed by atoms with Crippen LogP contribution in [0.2, 0.25) is 0 Å². The molecular weight excluding hydrogens is 478 g/mol. The van der Waals surface area contributed by atoms with Crippen molar-refractivity contribution >= 4 is 28.4 Å². The minimum Gasteiger partial charge on any atom is -0.493 e. The minimum absolute atomic E-state index is 0.0132. The molecule has 0 bridgehead atoms. The molecule has 0 aliphatic heterocycles. The zero-order chi connectivity index (χ0) is 25.2. The van der Waals surface area contributed by atoms with Crippen molar-refractivity contribution in [1.29, 1.82) is 0 Å². The molecule has 0 saturated carbocycles. The van der Waals surface area contributed by atoms with Crippen molar-refractivity contribution in [1.82, 2.24) is 0 Å². The van der Waals surface area contributed by atoms with Crippen LogP contribution in [0.3, 0.4) is 0 Å². The Balaban J connectivity index is 1.35. The van der Waals surface area contributed by atoms with Gasteiger partial charge < -0.3 is 19.3 Å². The topological polar surface area (TPSA) is 94.1 Å². The molecule has 0 radical (unpaired) electrons. The highest BCUT2D eigenvalue weighted by Gasteiger charge is 2.29. The summed E-state index contributed by atoms with van der Waals surface area (Å²) in [5, 5.41) is 14.4. The van der Waals surface area contributed by atoms with Gasteiger partial charge in [-0.1, -0.05) is 54.6 Å². The molecule has 182 valence electrons. The average Bonchev–Trinajstić information content (AvgIpc) is 3.46. The van der Waals surface area contributed by atoms with E-state index < -0.39 is 12.1 Å². The Hall–Kier alpha value is -4.30. The number of ether oxygens (including phenoxy) is 3. The highest BCUT2D eigenvalue weighted by Crippen LogP contribution is 2.45. The molecule has 7 nitrogen and oxygen atoms in total. The number of benzene rings is 3. The number of carboxylic acid groups (broad SMARTS) is 1. The number of carbonyl (C=O) groups is 2. The molecule has 3 aromatic carbocycles. The monoisotopic (exact) mass is 501 g/mol. The van der Waals surface area contributed by atoms with Gasteiger partial charge in [0.1, 0.15) is 17.2 Å². The van der Waals surface area contributed by atoms with Gasteiger partial charge in [0, 0.05) is 16.9 Å². The van der Waals surface area contributed by atoms with E-state index in [1.165, 1.54) is 14.2 Å². The van der Waals surface area contributed by atoms with Gasteiger partial charge in [-0.15, -0.1) is 11.3 Å². The normalized spacial score (nSPS) is 11.9. The highest BCUT2D eigenvalue weighted by atomic mass is 32.1. The predicted molar refractivity (Wildman–Crippen MR) is 139 cm³/mol. The maximum atomic E-state index is 12.7. The molecule has 0 unspecified atom stereocenters. The summed E-state index contributed by atoms with van der Waals surface area (Å²) in [7, 11) is 3.04. The molecule has 5 rings (SSSR count). The van der Waals surface area contributed by atoms with Crippen molar-refractivity contribution in [3.63, 3.8) is 0 Å². The van der Waals surface area contributed by atoms with Gasteiger partial charge in [-0.2, -0.15) is 0 Å². The van der Waals surface area contributed by atoms with Crippen molar-refractivity contribution in [3.05, 3.63) is 88.8 Å². The lowest BCUT2D eigenvalue weighted by molar-refractivity contribution is 0.0699. The van der Waals surface area contributed by atoms with Crippen molar-refractivity contribution in [2.45, 2.75) is 5.92 Å². The molecule has 36 heavy (non-hydrogen) atoms. The van der Waals surface area contributed by atoms with Crippen molar-refractivity contribution in [2.24, 2.45) is 0 Å². The molecule has 1 amide bonds. The fourth-order valence-electron chi connectivity index (χ4n) is 4.61. The first-order valence-corrected chi connectivity index (χ1v) is 12.1. The number of carbonyl (C=O) groups excluding carboxylic acids is 1. The summed E-state index contributed by atoms with van der Waals surface area (Å²) in [6.45, 7) is 0.135. The van der Waals surface area contributed by atoms with E-state index >= 15 is 0 Å². The van der Waals surface area contributed by atoms with E-state index in [0.717, 1.165) is 33.6 Å². The first-order chi connectivity index (χ1) is 17.5. The van der Waals surface area contributed by atoms with Gasteiger partial charge in [-0.25, -0.2) is 9.59 Å². The quantitative estimate of drug-likeness (QED) is 0.301. The highest BCUT2D eigenvalue weighted by molar-refractivity contribution is 7.15. The van der Waals surface area contributed by atoms with Gasteiger partial charge in [0.2, 0.25) is 0 Å². The molecule has 1 aliphatic rings. The van der Waals surface area contributed by atoms with Crippen LogP contribution in [0.1, 0.15) is 27.4 Å². The van der Waals surface area contributed by atoms with E-state index in [4.69, 9.17) is 14.2 Å². The van der Waals surface area contributed by atoms with Crippen LogP contribution in [0.25, 0.3) is 22.3 Å². The molecule has 0 fully saturated rings. The van der Waals surface area contributed by atoms with Crippen LogP contribution in [0.4, 0.5) is 9.80 Å². The maximum absolute atomic E-state index is 12.7. The summed E-state index contributed by atoms with van der Waals surface area (Å²) >= 11 is 1.12. The number of anilines is 1. The smallest absolute Gasteiger partial charge is 0.412 e. The Morgan fingerprint density at radius 1 is 0.889 bits per heavy atom. The maximum Gasteiger partial charge on any atom is 0.412 e. The van der Waals surface area contributed by atoms with E-state index in [0.29, 0.717) is 22.6 Å². The third-order valence-electron chi connectivity index (χ3n) is 6.26. The number of rotatable bonds is 7. The standard InChI is InChI=1S/C28H23NO6S/c1-33-23-12-11-16(13-24(23)34-2)22-15-36-26(25(22)27(30)31)29-28(32)35-14-21-19-9-5-3-7-17(19)18-8-4-6-10-20(18)21/h3-13,15,21H,14H2,1-2H3,(H,29,32)(H,30,31). The summed E-state index contributed by atoms with van der Waals surface area (Å²) < 4.78 is 16.2. The third kappa shape index (κ3) is 4.16. The largest absolute Gasteiger partial charge is 0.493 e. The lowest BCUT2D eigenvalue weighted by Crippen LogP contribution is -2.18. The summed E-state index contributed by atoms with van der Waals surface area (Å²) in [5.74, 6) is -0.239. The van der Waals surface area contributed by atoms with Gasteiger partial charge in [0.15, 0.2) is 11.5 Å². The van der Waals surface area contributed by atoms with E-state index in [-0.39, 0.29) is 23.1 Å². The molecule has 1 aromatic heterocycles. The minimum atomic E-state index is -1.16. The number of hydrogen-bond acceptors (Lipinski definition) is 6. The SMILES string of the molecule is COc1ccc(-c2csc(NC(=O)OCC3c4ccccc4-c4ccccc43)c2C(=O)O)cc1OC. The zero-order valence-corrected chi connectivity index (χ0v) is 20.4. The van der Waals surface area contributed by atoms with Crippen LogP contribution in [0.5, 0.6) is 11.5 Å². The van der Waals surface area contributed by atoms with Crippen LogP contribution in [-0.2, 0) is 4.74 Å². The molecule has 1 aliphatic carbocycles. The van der Waals surface area contributed by atoms with Crippen LogP contribution in [0, 0.1) is 0 Å². The second-order valence-corrected chi connectivity index (χ2v) is 9.06. The van der Waals surface area contributed by atoms with Crippen molar-refractivity contribution in [3.8, 4) is 33.8 Å². The van der Waals surface area contributed by atoms with Gasteiger partial charge in [-0.3, -0.25) is 5.32 Å². The Labute approximate surface area is 211 Å². The summed E-state index contributed by atoms with van der Waals surface area (Å²) in [6, 6.07) is 21.3. The summed E-state index contributed by atoms with van der Waals surface area (Å²) in [6.07, 6.45) is -0.708. The number of fused-ring (bicyclic) bond motifs is 3. The van der Waals surface area contributed by atoms with Crippen LogP contribution < -0.4 is 14.8 Å². The molecule has 8 heteroatoms. The first kappa shape index (κ1) is 23.4. The van der Waals surface area contributed by atoms with E-state index in [9.17, 15) is 14.7 Å². The molecule has 2 N–H and O–H groups in total. The molecule has 1 heterocycles. The second kappa shape index (κ2) is 9.75. The number of hydrogen-bond donors (Lipinski definition) is 2. The predicted octanol–water partition coefficient (Wildman–Crippen LogP) is 6.49. The number of thiophene rings is 1. The van der Waals surface area contributed by atoms with Gasteiger partial charge in [0.25, 0.3) is 0 Å². The summed E-state index contributed by atoms with van der Waals surface area (Å²) in [4.78, 5) is 24.9. The fourth-order valence-corrected chi connectivity index (χ4v) is 5.55. The van der Waals surface area contributed by atoms with Crippen LogP contribution in [0.15, 0.2) is 72.1 Å². The molecule has 0 atom stereocenters. The third-order valence-corrected chi connectivity index (χ3v) is 7.15.